The van der Waals surface area contributed by atoms with Gasteiger partial charge in [-0.15, -0.1) is 0 Å². The Labute approximate surface area is 95.8 Å². The van der Waals surface area contributed by atoms with E-state index in [-0.39, 0.29) is 10.6 Å². The minimum atomic E-state index is -4.76. The second kappa shape index (κ2) is 4.61. The maximum atomic E-state index is 12.3. The van der Waals surface area contributed by atoms with Gasteiger partial charge in [0.05, 0.1) is 6.04 Å². The first-order chi connectivity index (χ1) is 7.25. The van der Waals surface area contributed by atoms with Crippen molar-refractivity contribution in [2.45, 2.75) is 25.2 Å². The van der Waals surface area contributed by atoms with Crippen molar-refractivity contribution >= 4 is 11.6 Å². The van der Waals surface area contributed by atoms with E-state index in [1.165, 1.54) is 6.07 Å². The third-order valence-electron chi connectivity index (χ3n) is 2.28. The van der Waals surface area contributed by atoms with Crippen molar-refractivity contribution in [1.82, 2.24) is 0 Å². The first-order valence-electron chi connectivity index (χ1n) is 4.50. The summed E-state index contributed by atoms with van der Waals surface area (Å²) >= 11 is 5.76. The van der Waals surface area contributed by atoms with Crippen LogP contribution in [0, 0.1) is 6.92 Å². The van der Waals surface area contributed by atoms with Crippen molar-refractivity contribution in [2.24, 2.45) is 5.73 Å². The minimum Gasteiger partial charge on any atom is -0.382 e. The van der Waals surface area contributed by atoms with E-state index >= 15 is 0 Å². The average Bonchev–Trinajstić information content (AvgIpc) is 2.14. The number of aliphatic hydroxyl groups is 1. The van der Waals surface area contributed by atoms with Gasteiger partial charge < -0.3 is 10.8 Å². The zero-order valence-corrected chi connectivity index (χ0v) is 9.18. The Balaban J connectivity index is 3.10. The molecule has 3 N–H and O–H groups in total. The lowest BCUT2D eigenvalue weighted by Crippen LogP contribution is -2.39. The molecule has 90 valence electrons. The Morgan fingerprint density at radius 3 is 2.38 bits per heavy atom. The normalized spacial score (nSPS) is 15.9. The highest BCUT2D eigenvalue weighted by atomic mass is 35.5. The maximum absolute atomic E-state index is 12.3. The molecule has 0 bridgehead atoms. The Hall–Kier alpha value is -0.780. The lowest BCUT2D eigenvalue weighted by Gasteiger charge is -2.23. The molecule has 1 rings (SSSR count). The molecule has 0 spiro atoms. The smallest absolute Gasteiger partial charge is 0.382 e. The molecule has 0 fully saturated rings. The molecule has 6 heteroatoms. The largest absolute Gasteiger partial charge is 0.416 e. The van der Waals surface area contributed by atoms with Crippen LogP contribution in [0.5, 0.6) is 0 Å². The number of halogens is 4. The SMILES string of the molecule is Cc1cccc(Cl)c1[C@H](N)[C@H](O)C(F)(F)F. The molecule has 0 aliphatic rings. The van der Waals surface area contributed by atoms with Gasteiger partial charge >= 0.3 is 6.18 Å². The van der Waals surface area contributed by atoms with E-state index in [1.807, 2.05) is 0 Å². The van der Waals surface area contributed by atoms with Crippen LogP contribution < -0.4 is 5.73 Å². The Kier molecular flexibility index (Phi) is 3.83. The van der Waals surface area contributed by atoms with Crippen LogP contribution in [0.4, 0.5) is 13.2 Å². The summed E-state index contributed by atoms with van der Waals surface area (Å²) in [6.45, 7) is 1.59. The van der Waals surface area contributed by atoms with Gasteiger partial charge in [-0.25, -0.2) is 0 Å². The summed E-state index contributed by atoms with van der Waals surface area (Å²) in [4.78, 5) is 0. The van der Waals surface area contributed by atoms with Crippen LogP contribution in [0.15, 0.2) is 18.2 Å². The van der Waals surface area contributed by atoms with Crippen LogP contribution in [0.1, 0.15) is 17.2 Å². The summed E-state index contributed by atoms with van der Waals surface area (Å²) in [5.74, 6) is 0. The van der Waals surface area contributed by atoms with Crippen LogP contribution >= 0.6 is 11.6 Å². The molecular formula is C10H11ClF3NO. The second-order valence-electron chi connectivity index (χ2n) is 3.48. The van der Waals surface area contributed by atoms with Crippen molar-refractivity contribution < 1.29 is 18.3 Å². The van der Waals surface area contributed by atoms with Crippen molar-refractivity contribution in [1.29, 1.82) is 0 Å². The predicted octanol–water partition coefficient (Wildman–Crippen LogP) is 2.57. The molecule has 0 unspecified atom stereocenters. The van der Waals surface area contributed by atoms with Crippen LogP contribution in [-0.4, -0.2) is 17.4 Å². The van der Waals surface area contributed by atoms with Gasteiger partial charge in [0.15, 0.2) is 6.10 Å². The van der Waals surface area contributed by atoms with E-state index in [9.17, 15) is 13.2 Å². The highest BCUT2D eigenvalue weighted by molar-refractivity contribution is 6.31. The van der Waals surface area contributed by atoms with Crippen molar-refractivity contribution in [3.63, 3.8) is 0 Å². The fourth-order valence-corrected chi connectivity index (χ4v) is 1.78. The summed E-state index contributed by atoms with van der Waals surface area (Å²) in [6.07, 6.45) is -7.38. The zero-order valence-electron chi connectivity index (χ0n) is 8.42. The van der Waals surface area contributed by atoms with Crippen molar-refractivity contribution in [3.8, 4) is 0 Å². The molecular weight excluding hydrogens is 243 g/mol. The number of benzene rings is 1. The molecule has 0 saturated carbocycles. The van der Waals surface area contributed by atoms with E-state index in [2.05, 4.69) is 0 Å². The van der Waals surface area contributed by atoms with E-state index in [4.69, 9.17) is 22.4 Å². The third kappa shape index (κ3) is 2.66. The molecule has 0 amide bonds. The zero-order chi connectivity index (χ0) is 12.5. The molecule has 0 radical (unpaired) electrons. The van der Waals surface area contributed by atoms with E-state index in [0.717, 1.165) is 0 Å². The molecule has 0 saturated heterocycles. The number of aliphatic hydroxyl groups excluding tert-OH is 1. The lowest BCUT2D eigenvalue weighted by atomic mass is 9.97. The molecule has 0 heterocycles. The fraction of sp³-hybridized carbons (Fsp3) is 0.400. The topological polar surface area (TPSA) is 46.2 Å². The molecule has 1 aromatic rings. The number of hydrogen-bond acceptors (Lipinski definition) is 2. The Morgan fingerprint density at radius 2 is 1.94 bits per heavy atom. The summed E-state index contributed by atoms with van der Waals surface area (Å²) in [6, 6.07) is 3.05. The van der Waals surface area contributed by atoms with Crippen LogP contribution in [0.3, 0.4) is 0 Å². The number of nitrogens with two attached hydrogens (primary N) is 1. The molecule has 0 aliphatic carbocycles. The minimum absolute atomic E-state index is 0.119. The summed E-state index contributed by atoms with van der Waals surface area (Å²) < 4.78 is 36.8. The van der Waals surface area contributed by atoms with Gasteiger partial charge in [0.1, 0.15) is 0 Å². The Bertz CT molecular complexity index is 361. The van der Waals surface area contributed by atoms with E-state index in [1.54, 1.807) is 19.1 Å². The molecule has 2 nitrogen and oxygen atoms in total. The van der Waals surface area contributed by atoms with Gasteiger partial charge in [0, 0.05) is 5.02 Å². The van der Waals surface area contributed by atoms with Gasteiger partial charge in [0.25, 0.3) is 0 Å². The van der Waals surface area contributed by atoms with Gasteiger partial charge in [-0.1, -0.05) is 23.7 Å². The maximum Gasteiger partial charge on any atom is 0.416 e. The molecule has 0 aromatic heterocycles. The van der Waals surface area contributed by atoms with Gasteiger partial charge in [-0.2, -0.15) is 13.2 Å². The number of rotatable bonds is 2. The average molecular weight is 254 g/mol. The van der Waals surface area contributed by atoms with Crippen LogP contribution in [-0.2, 0) is 0 Å². The number of aryl methyl sites for hydroxylation is 1. The first-order valence-corrected chi connectivity index (χ1v) is 4.88. The van der Waals surface area contributed by atoms with Crippen LogP contribution in [0.2, 0.25) is 5.02 Å². The fourth-order valence-electron chi connectivity index (χ4n) is 1.43. The summed E-state index contributed by atoms with van der Waals surface area (Å²) in [5, 5.41) is 9.17. The third-order valence-corrected chi connectivity index (χ3v) is 2.61. The second-order valence-corrected chi connectivity index (χ2v) is 3.89. The van der Waals surface area contributed by atoms with E-state index < -0.39 is 18.3 Å². The van der Waals surface area contributed by atoms with Crippen LogP contribution in [0.25, 0.3) is 0 Å². The van der Waals surface area contributed by atoms with Gasteiger partial charge in [0.2, 0.25) is 0 Å². The predicted molar refractivity (Wildman–Crippen MR) is 55.2 cm³/mol. The first kappa shape index (κ1) is 13.3. The summed E-state index contributed by atoms with van der Waals surface area (Å²) in [5.41, 5.74) is 6.01. The van der Waals surface area contributed by atoms with Crippen molar-refractivity contribution in [2.75, 3.05) is 0 Å². The van der Waals surface area contributed by atoms with Gasteiger partial charge in [-0.05, 0) is 24.1 Å². The number of alkyl halides is 3. The summed E-state index contributed by atoms with van der Waals surface area (Å²) in [7, 11) is 0. The molecule has 1 aromatic carbocycles. The molecule has 0 aliphatic heterocycles. The standard InChI is InChI=1S/C10H11ClF3NO/c1-5-3-2-4-6(11)7(5)8(15)9(16)10(12,13)14/h2-4,8-9,16H,15H2,1H3/t8-,9-/m0/s1. The van der Waals surface area contributed by atoms with E-state index in [0.29, 0.717) is 5.56 Å². The highest BCUT2D eigenvalue weighted by Crippen LogP contribution is 2.33. The number of hydrogen-bond donors (Lipinski definition) is 2. The monoisotopic (exact) mass is 253 g/mol. The van der Waals surface area contributed by atoms with Gasteiger partial charge in [-0.3, -0.25) is 0 Å². The molecule has 2 atom stereocenters. The van der Waals surface area contributed by atoms with Crippen molar-refractivity contribution in [3.05, 3.63) is 34.3 Å². The molecule has 16 heavy (non-hydrogen) atoms. The highest BCUT2D eigenvalue weighted by Gasteiger charge is 2.43. The Morgan fingerprint density at radius 1 is 1.38 bits per heavy atom. The lowest BCUT2D eigenvalue weighted by molar-refractivity contribution is -0.210. The quantitative estimate of drug-likeness (QED) is 0.851.